The summed E-state index contributed by atoms with van der Waals surface area (Å²) >= 11 is 0. The number of nitrogens with one attached hydrogen (secondary N) is 2. The average molecular weight is 339 g/mol. The van der Waals surface area contributed by atoms with E-state index in [2.05, 4.69) is 5.43 Å². The number of hydrogen-bond donors (Lipinski definition) is 3. The molecule has 0 bridgehead atoms. The maximum absolute atomic E-state index is 13.2. The smallest absolute Gasteiger partial charge is 0.412 e. The first-order valence-electron chi connectivity index (χ1n) is 7.00. The molecule has 0 aliphatic rings. The number of hydrogen-bond acceptors (Lipinski definition) is 4. The summed E-state index contributed by atoms with van der Waals surface area (Å²) in [4.78, 5) is 11.7. The van der Waals surface area contributed by atoms with Crippen LogP contribution in [0.4, 0.5) is 23.7 Å². The normalized spacial score (nSPS) is 12.3. The van der Waals surface area contributed by atoms with Crippen LogP contribution in [0, 0.1) is 0 Å². The number of amides is 1. The van der Waals surface area contributed by atoms with Crippen molar-refractivity contribution < 1.29 is 22.7 Å². The third-order valence-corrected chi connectivity index (χ3v) is 3.21. The topological polar surface area (TPSA) is 76.4 Å². The molecule has 0 fully saturated rings. The molecule has 8 heteroatoms. The summed E-state index contributed by atoms with van der Waals surface area (Å²) < 4.78 is 44.4. The molecular formula is C16H16F3N3O2. The predicted octanol–water partition coefficient (Wildman–Crippen LogP) is 3.50. The van der Waals surface area contributed by atoms with Crippen molar-refractivity contribution in [3.63, 3.8) is 0 Å². The van der Waals surface area contributed by atoms with Crippen molar-refractivity contribution in [2.45, 2.75) is 18.8 Å². The highest BCUT2D eigenvalue weighted by molar-refractivity contribution is 5.68. The average Bonchev–Trinajstić information content (AvgIpc) is 2.58. The number of alkyl halides is 3. The third-order valence-electron chi connectivity index (χ3n) is 3.21. The van der Waals surface area contributed by atoms with Gasteiger partial charge in [-0.25, -0.2) is 4.79 Å². The lowest BCUT2D eigenvalue weighted by Gasteiger charge is -2.22. The molecule has 0 heterocycles. The Bertz CT molecular complexity index is 661. The highest BCUT2D eigenvalue weighted by Crippen LogP contribution is 2.33. The van der Waals surface area contributed by atoms with E-state index in [9.17, 15) is 18.0 Å². The fourth-order valence-electron chi connectivity index (χ4n) is 2.01. The molecule has 24 heavy (non-hydrogen) atoms. The first kappa shape index (κ1) is 17.6. The van der Waals surface area contributed by atoms with Crippen LogP contribution in [-0.4, -0.2) is 12.3 Å². The molecule has 1 unspecified atom stereocenters. The van der Waals surface area contributed by atoms with Gasteiger partial charge in [-0.15, -0.1) is 0 Å². The van der Waals surface area contributed by atoms with Gasteiger partial charge in [0.05, 0.1) is 0 Å². The summed E-state index contributed by atoms with van der Waals surface area (Å²) in [5.41, 5.74) is 3.32. The Hall–Kier alpha value is -2.74. The number of nitrogen functional groups attached to an aromatic ring is 1. The molecule has 128 valence electrons. The number of rotatable bonds is 5. The van der Waals surface area contributed by atoms with E-state index in [1.54, 1.807) is 30.3 Å². The number of carbonyl (C=O) groups is 1. The molecule has 1 amide bonds. The van der Waals surface area contributed by atoms with Gasteiger partial charge in [0.1, 0.15) is 6.61 Å². The molecule has 2 rings (SSSR count). The number of anilines is 1. The maximum Gasteiger partial charge on any atom is 0.412 e. The van der Waals surface area contributed by atoms with Gasteiger partial charge in [-0.2, -0.15) is 13.2 Å². The van der Waals surface area contributed by atoms with E-state index >= 15 is 0 Å². The molecule has 4 N–H and O–H groups in total. The van der Waals surface area contributed by atoms with Crippen LogP contribution in [-0.2, 0) is 11.3 Å². The Morgan fingerprint density at radius 1 is 1.08 bits per heavy atom. The van der Waals surface area contributed by atoms with Gasteiger partial charge in [0.25, 0.3) is 0 Å². The van der Waals surface area contributed by atoms with Crippen LogP contribution >= 0.6 is 0 Å². The minimum atomic E-state index is -4.66. The van der Waals surface area contributed by atoms with Crippen molar-refractivity contribution in [3.05, 3.63) is 65.7 Å². The van der Waals surface area contributed by atoms with Crippen LogP contribution in [0.3, 0.4) is 0 Å². The summed E-state index contributed by atoms with van der Waals surface area (Å²) in [7, 11) is 0. The second-order valence-corrected chi connectivity index (χ2v) is 4.95. The zero-order valence-corrected chi connectivity index (χ0v) is 12.5. The van der Waals surface area contributed by atoms with Crippen LogP contribution in [0.5, 0.6) is 0 Å². The minimum Gasteiger partial charge on any atom is -0.445 e. The Labute approximate surface area is 136 Å². The molecule has 2 aromatic carbocycles. The number of carbonyl (C=O) groups excluding carboxylic acids is 1. The Balaban J connectivity index is 2.04. The number of halogens is 3. The number of benzene rings is 2. The van der Waals surface area contributed by atoms with E-state index in [0.717, 1.165) is 0 Å². The molecule has 5 nitrogen and oxygen atoms in total. The standard InChI is InChI=1S/C16H16F3N3O2/c17-16(18,19)14(12-6-8-13(22-20)9-7-12)21-15(23)24-10-11-4-2-1-3-5-11/h1-9,14,22H,10,20H2,(H,21,23). The first-order chi connectivity index (χ1) is 11.4. The van der Waals surface area contributed by atoms with Crippen molar-refractivity contribution in [2.75, 3.05) is 5.43 Å². The van der Waals surface area contributed by atoms with Gasteiger partial charge in [-0.3, -0.25) is 5.84 Å². The van der Waals surface area contributed by atoms with Crippen molar-refractivity contribution in [3.8, 4) is 0 Å². The van der Waals surface area contributed by atoms with Gasteiger partial charge in [0, 0.05) is 5.69 Å². The van der Waals surface area contributed by atoms with Gasteiger partial charge < -0.3 is 15.5 Å². The molecule has 2 aromatic rings. The van der Waals surface area contributed by atoms with E-state index in [0.29, 0.717) is 11.3 Å². The Morgan fingerprint density at radius 2 is 1.71 bits per heavy atom. The van der Waals surface area contributed by atoms with Gasteiger partial charge in [-0.05, 0) is 23.3 Å². The molecule has 0 radical (unpaired) electrons. The largest absolute Gasteiger partial charge is 0.445 e. The molecular weight excluding hydrogens is 323 g/mol. The fraction of sp³-hybridized carbons (Fsp3) is 0.188. The van der Waals surface area contributed by atoms with Crippen molar-refractivity contribution >= 4 is 11.8 Å². The van der Waals surface area contributed by atoms with E-state index in [4.69, 9.17) is 10.6 Å². The van der Waals surface area contributed by atoms with Gasteiger partial charge in [-0.1, -0.05) is 42.5 Å². The minimum absolute atomic E-state index is 0.118. The fourth-order valence-corrected chi connectivity index (χ4v) is 2.01. The van der Waals surface area contributed by atoms with E-state index in [1.807, 2.05) is 5.32 Å². The van der Waals surface area contributed by atoms with Crippen molar-refractivity contribution in [2.24, 2.45) is 5.84 Å². The first-order valence-corrected chi connectivity index (χ1v) is 7.00. The Morgan fingerprint density at radius 3 is 2.25 bits per heavy atom. The monoisotopic (exact) mass is 339 g/mol. The molecule has 1 atom stereocenters. The second-order valence-electron chi connectivity index (χ2n) is 4.95. The van der Waals surface area contributed by atoms with Crippen molar-refractivity contribution in [1.82, 2.24) is 5.32 Å². The third kappa shape index (κ3) is 4.88. The zero-order valence-electron chi connectivity index (χ0n) is 12.5. The van der Waals surface area contributed by atoms with Crippen molar-refractivity contribution in [1.29, 1.82) is 0 Å². The van der Waals surface area contributed by atoms with Gasteiger partial charge in [0.2, 0.25) is 0 Å². The number of alkyl carbamates (subject to hydrolysis) is 1. The summed E-state index contributed by atoms with van der Waals surface area (Å²) in [6.45, 7) is -0.118. The molecule has 0 aliphatic heterocycles. The molecule has 0 aliphatic carbocycles. The second kappa shape index (κ2) is 7.69. The van der Waals surface area contributed by atoms with E-state index < -0.39 is 18.3 Å². The number of nitrogens with two attached hydrogens (primary N) is 1. The van der Waals surface area contributed by atoms with Crippen LogP contribution in [0.1, 0.15) is 17.2 Å². The number of ether oxygens (including phenoxy) is 1. The summed E-state index contributed by atoms with van der Waals surface area (Å²) in [6.07, 6.45) is -5.81. The lowest BCUT2D eigenvalue weighted by molar-refractivity contribution is -0.156. The summed E-state index contributed by atoms with van der Waals surface area (Å²) in [6, 6.07) is 11.7. The zero-order chi connectivity index (χ0) is 17.6. The van der Waals surface area contributed by atoms with Crippen LogP contribution < -0.4 is 16.6 Å². The predicted molar refractivity (Wildman–Crippen MR) is 82.8 cm³/mol. The highest BCUT2D eigenvalue weighted by atomic mass is 19.4. The lowest BCUT2D eigenvalue weighted by atomic mass is 10.1. The molecule has 0 saturated heterocycles. The van der Waals surface area contributed by atoms with E-state index in [-0.39, 0.29) is 12.2 Å². The van der Waals surface area contributed by atoms with Crippen LogP contribution in [0.2, 0.25) is 0 Å². The number of hydrazine groups is 1. The van der Waals surface area contributed by atoms with Gasteiger partial charge in [0.15, 0.2) is 6.04 Å². The van der Waals surface area contributed by atoms with Crippen LogP contribution in [0.15, 0.2) is 54.6 Å². The summed E-state index contributed by atoms with van der Waals surface area (Å²) in [5.74, 6) is 5.18. The maximum atomic E-state index is 13.2. The Kier molecular flexibility index (Phi) is 5.64. The lowest BCUT2D eigenvalue weighted by Crippen LogP contribution is -2.38. The quantitative estimate of drug-likeness (QED) is 0.576. The highest BCUT2D eigenvalue weighted by Gasteiger charge is 2.42. The molecule has 0 saturated carbocycles. The SMILES string of the molecule is NNc1ccc(C(NC(=O)OCc2ccccc2)C(F)(F)F)cc1. The van der Waals surface area contributed by atoms with E-state index in [1.165, 1.54) is 24.3 Å². The molecule has 0 aromatic heterocycles. The molecule has 0 spiro atoms. The summed E-state index contributed by atoms with van der Waals surface area (Å²) in [5, 5.41) is 1.84. The van der Waals surface area contributed by atoms with Crippen LogP contribution in [0.25, 0.3) is 0 Å². The van der Waals surface area contributed by atoms with Gasteiger partial charge >= 0.3 is 12.3 Å².